The van der Waals surface area contributed by atoms with E-state index in [1.54, 1.807) is 13.0 Å². The highest BCUT2D eigenvalue weighted by atomic mass is 35.5. The number of benzene rings is 1. The summed E-state index contributed by atoms with van der Waals surface area (Å²) in [5, 5.41) is 3.61. The molecule has 4 nitrogen and oxygen atoms in total. The second-order valence-electron chi connectivity index (χ2n) is 4.29. The molecule has 108 valence electrons. The Morgan fingerprint density at radius 3 is 2.63 bits per heavy atom. The lowest BCUT2D eigenvalue weighted by molar-refractivity contribution is 0.341. The fraction of sp³-hybridized carbons (Fsp3) is 0.538. The van der Waals surface area contributed by atoms with Crippen molar-refractivity contribution < 1.29 is 13.2 Å². The van der Waals surface area contributed by atoms with Gasteiger partial charge in [0, 0.05) is 11.8 Å². The van der Waals surface area contributed by atoms with Gasteiger partial charge in [-0.1, -0.05) is 24.6 Å². The van der Waals surface area contributed by atoms with E-state index < -0.39 is 9.84 Å². The van der Waals surface area contributed by atoms with Crippen LogP contribution < -0.4 is 10.1 Å². The summed E-state index contributed by atoms with van der Waals surface area (Å²) in [5.74, 6) is 0.650. The van der Waals surface area contributed by atoms with Crippen molar-refractivity contribution in [2.75, 3.05) is 25.2 Å². The molecule has 0 aromatic heterocycles. The van der Waals surface area contributed by atoms with Crippen LogP contribution in [0.25, 0.3) is 0 Å². The minimum absolute atomic E-state index is 0.00843. The number of hydrogen-bond donors (Lipinski definition) is 1. The van der Waals surface area contributed by atoms with Crippen LogP contribution in [0.15, 0.2) is 18.2 Å². The first-order valence-electron chi connectivity index (χ1n) is 6.19. The Morgan fingerprint density at radius 2 is 2.11 bits per heavy atom. The average molecular weight is 306 g/mol. The fourth-order valence-electron chi connectivity index (χ4n) is 1.49. The Hall–Kier alpha value is -0.780. The Labute approximate surface area is 120 Å². The molecule has 0 saturated carbocycles. The molecule has 1 aromatic carbocycles. The first kappa shape index (κ1) is 16.3. The lowest BCUT2D eigenvalue weighted by Gasteiger charge is -2.13. The highest BCUT2D eigenvalue weighted by Crippen LogP contribution is 2.27. The van der Waals surface area contributed by atoms with Crippen LogP contribution >= 0.6 is 11.6 Å². The van der Waals surface area contributed by atoms with E-state index in [1.165, 1.54) is 0 Å². The van der Waals surface area contributed by atoms with E-state index >= 15 is 0 Å². The van der Waals surface area contributed by atoms with E-state index in [2.05, 4.69) is 5.32 Å². The fourth-order valence-corrected chi connectivity index (χ4v) is 2.36. The highest BCUT2D eigenvalue weighted by Gasteiger charge is 2.10. The summed E-state index contributed by atoms with van der Waals surface area (Å²) in [6, 6.07) is 5.71. The number of hydrogen-bond acceptors (Lipinski definition) is 4. The van der Waals surface area contributed by atoms with Gasteiger partial charge in [-0.3, -0.25) is 0 Å². The molecular formula is C13H20ClNO3S. The van der Waals surface area contributed by atoms with Crippen molar-refractivity contribution in [1.82, 2.24) is 5.32 Å². The van der Waals surface area contributed by atoms with E-state index in [4.69, 9.17) is 16.3 Å². The summed E-state index contributed by atoms with van der Waals surface area (Å²) in [7, 11) is -1.13. The predicted octanol–water partition coefficient (Wildman–Crippen LogP) is 2.43. The van der Waals surface area contributed by atoms with Crippen molar-refractivity contribution >= 4 is 21.4 Å². The Balaban J connectivity index is 2.66. The lowest BCUT2D eigenvalue weighted by Crippen LogP contribution is -2.16. The van der Waals surface area contributed by atoms with Crippen LogP contribution in [0.2, 0.25) is 5.02 Å². The van der Waals surface area contributed by atoms with E-state index in [0.717, 1.165) is 5.56 Å². The first-order valence-corrected chi connectivity index (χ1v) is 8.39. The molecule has 0 aliphatic carbocycles. The van der Waals surface area contributed by atoms with Gasteiger partial charge in [-0.2, -0.15) is 0 Å². The maximum Gasteiger partial charge on any atom is 0.153 e. The van der Waals surface area contributed by atoms with Gasteiger partial charge in [0.05, 0.1) is 10.8 Å². The molecule has 1 atom stereocenters. The molecule has 0 amide bonds. The normalized spacial score (nSPS) is 13.3. The number of ether oxygens (including phenoxy) is 1. The van der Waals surface area contributed by atoms with Crippen LogP contribution in [0.5, 0.6) is 5.75 Å². The molecule has 1 aromatic rings. The van der Waals surface area contributed by atoms with Gasteiger partial charge in [0.25, 0.3) is 0 Å². The quantitative estimate of drug-likeness (QED) is 0.840. The number of halogens is 1. The molecule has 0 saturated heterocycles. The van der Waals surface area contributed by atoms with Gasteiger partial charge in [-0.05, 0) is 31.7 Å². The summed E-state index contributed by atoms with van der Waals surface area (Å²) in [4.78, 5) is 0. The zero-order valence-electron chi connectivity index (χ0n) is 11.4. The molecule has 0 aliphatic rings. The highest BCUT2D eigenvalue weighted by molar-refractivity contribution is 7.91. The third kappa shape index (κ3) is 5.01. The molecule has 0 heterocycles. The summed E-state index contributed by atoms with van der Waals surface area (Å²) in [6.45, 7) is 3.77. The zero-order valence-corrected chi connectivity index (χ0v) is 13.0. The molecule has 1 unspecified atom stereocenters. The Bertz CT molecular complexity index is 517. The molecular weight excluding hydrogens is 286 g/mol. The van der Waals surface area contributed by atoms with Gasteiger partial charge in [-0.25, -0.2) is 8.42 Å². The van der Waals surface area contributed by atoms with Crippen LogP contribution in [0.1, 0.15) is 25.5 Å². The summed E-state index contributed by atoms with van der Waals surface area (Å²) < 4.78 is 28.1. The van der Waals surface area contributed by atoms with Gasteiger partial charge in [0.15, 0.2) is 9.84 Å². The van der Waals surface area contributed by atoms with E-state index in [1.807, 2.05) is 26.1 Å². The standard InChI is InChI=1S/C13H20ClNO3S/c1-4-19(16,17)8-7-18-13-6-5-11(9-12(13)14)10(2)15-3/h5-6,9-10,15H,4,7-8H2,1-3H3. The molecule has 1 N–H and O–H groups in total. The smallest absolute Gasteiger partial charge is 0.153 e. The van der Waals surface area contributed by atoms with Crippen LogP contribution in [0.4, 0.5) is 0 Å². The minimum atomic E-state index is -3.01. The van der Waals surface area contributed by atoms with Gasteiger partial charge >= 0.3 is 0 Å². The largest absolute Gasteiger partial charge is 0.491 e. The zero-order chi connectivity index (χ0) is 14.5. The van der Waals surface area contributed by atoms with E-state index in [-0.39, 0.29) is 24.2 Å². The van der Waals surface area contributed by atoms with Crippen LogP contribution in [0.3, 0.4) is 0 Å². The van der Waals surface area contributed by atoms with Gasteiger partial charge < -0.3 is 10.1 Å². The lowest BCUT2D eigenvalue weighted by atomic mass is 10.1. The van der Waals surface area contributed by atoms with Crippen LogP contribution in [-0.2, 0) is 9.84 Å². The van der Waals surface area contributed by atoms with Crippen molar-refractivity contribution in [3.05, 3.63) is 28.8 Å². The molecule has 0 aliphatic heterocycles. The third-order valence-corrected chi connectivity index (χ3v) is 4.94. The van der Waals surface area contributed by atoms with Gasteiger partial charge in [-0.15, -0.1) is 0 Å². The Kier molecular flexibility index (Phi) is 6.10. The van der Waals surface area contributed by atoms with Crippen LogP contribution in [-0.4, -0.2) is 33.6 Å². The Morgan fingerprint density at radius 1 is 1.42 bits per heavy atom. The number of rotatable bonds is 7. The van der Waals surface area contributed by atoms with Crippen molar-refractivity contribution in [2.24, 2.45) is 0 Å². The van der Waals surface area contributed by atoms with E-state index in [0.29, 0.717) is 10.8 Å². The van der Waals surface area contributed by atoms with Gasteiger partial charge in [0.2, 0.25) is 0 Å². The van der Waals surface area contributed by atoms with Crippen molar-refractivity contribution in [2.45, 2.75) is 19.9 Å². The number of sulfone groups is 1. The maximum absolute atomic E-state index is 11.3. The first-order chi connectivity index (χ1) is 8.89. The summed E-state index contributed by atoms with van der Waals surface area (Å²) in [5.41, 5.74) is 1.06. The molecule has 0 bridgehead atoms. The number of nitrogens with one attached hydrogen (secondary N) is 1. The molecule has 0 fully saturated rings. The van der Waals surface area contributed by atoms with Crippen LogP contribution in [0, 0.1) is 0 Å². The molecule has 6 heteroatoms. The minimum Gasteiger partial charge on any atom is -0.491 e. The molecule has 1 rings (SSSR count). The third-order valence-electron chi connectivity index (χ3n) is 2.98. The molecule has 0 spiro atoms. The molecule has 0 radical (unpaired) electrons. The average Bonchev–Trinajstić information content (AvgIpc) is 2.39. The predicted molar refractivity (Wildman–Crippen MR) is 78.7 cm³/mol. The van der Waals surface area contributed by atoms with Crippen molar-refractivity contribution in [1.29, 1.82) is 0 Å². The topological polar surface area (TPSA) is 55.4 Å². The second kappa shape index (κ2) is 7.12. The summed E-state index contributed by atoms with van der Waals surface area (Å²) in [6.07, 6.45) is 0. The monoisotopic (exact) mass is 305 g/mol. The van der Waals surface area contributed by atoms with E-state index in [9.17, 15) is 8.42 Å². The maximum atomic E-state index is 11.3. The van der Waals surface area contributed by atoms with Gasteiger partial charge in [0.1, 0.15) is 12.4 Å². The summed E-state index contributed by atoms with van der Waals surface area (Å²) >= 11 is 6.11. The van der Waals surface area contributed by atoms with Crippen molar-refractivity contribution in [3.63, 3.8) is 0 Å². The van der Waals surface area contributed by atoms with Crippen molar-refractivity contribution in [3.8, 4) is 5.75 Å². The SMILES string of the molecule is CCS(=O)(=O)CCOc1ccc(C(C)NC)cc1Cl. The molecule has 19 heavy (non-hydrogen) atoms. The second-order valence-corrected chi connectivity index (χ2v) is 7.16.